The Hall–Kier alpha value is -3.41. The average molecular weight is 488 g/mol. The predicted octanol–water partition coefficient (Wildman–Crippen LogP) is 5.76. The largest absolute Gasteiger partial charge is 0.493 e. The van der Waals surface area contributed by atoms with E-state index >= 15 is 0 Å². The molecule has 0 radical (unpaired) electrons. The number of carbonyl (C=O) groups excluding carboxylic acids is 2. The first-order valence-corrected chi connectivity index (χ1v) is 12.8. The highest BCUT2D eigenvalue weighted by molar-refractivity contribution is 6.09. The van der Waals surface area contributed by atoms with E-state index in [9.17, 15) is 9.59 Å². The molecule has 188 valence electrons. The fraction of sp³-hybridized carbons (Fsp3) is 0.433. The van der Waals surface area contributed by atoms with Crippen molar-refractivity contribution in [2.75, 3.05) is 14.2 Å². The summed E-state index contributed by atoms with van der Waals surface area (Å²) in [4.78, 5) is 32.2. The lowest BCUT2D eigenvalue weighted by atomic mass is 9.69. The first-order valence-electron chi connectivity index (χ1n) is 12.8. The van der Waals surface area contributed by atoms with Crippen LogP contribution in [0.5, 0.6) is 11.5 Å². The minimum absolute atomic E-state index is 0.0415. The number of Topliss-reactive ketones (excluding diaryl/α,β-unsaturated/α-hetero) is 1. The molecule has 2 aliphatic carbocycles. The van der Waals surface area contributed by atoms with Crippen LogP contribution in [-0.4, -0.2) is 37.8 Å². The van der Waals surface area contributed by atoms with E-state index in [2.05, 4.69) is 12.1 Å². The van der Waals surface area contributed by atoms with Gasteiger partial charge in [0.1, 0.15) is 12.0 Å². The summed E-state index contributed by atoms with van der Waals surface area (Å²) in [5.41, 5.74) is 4.07. The molecule has 2 aromatic carbocycles. The Morgan fingerprint density at radius 2 is 1.64 bits per heavy atom. The molecule has 6 heteroatoms. The topological polar surface area (TPSA) is 74.2 Å². The van der Waals surface area contributed by atoms with Crippen molar-refractivity contribution in [1.82, 2.24) is 0 Å². The van der Waals surface area contributed by atoms with Crippen LogP contribution in [0.4, 0.5) is 0 Å². The zero-order valence-electron chi connectivity index (χ0n) is 21.2. The maximum Gasteiger partial charge on any atom is 0.315 e. The van der Waals surface area contributed by atoms with E-state index in [4.69, 9.17) is 19.2 Å². The summed E-state index contributed by atoms with van der Waals surface area (Å²) in [6, 6.07) is 15.7. The number of methoxy groups -OCH3 is 2. The number of allylic oxidation sites excluding steroid dienone is 2. The molecule has 1 heterocycles. The normalized spacial score (nSPS) is 24.2. The van der Waals surface area contributed by atoms with E-state index < -0.39 is 11.8 Å². The summed E-state index contributed by atoms with van der Waals surface area (Å²) < 4.78 is 17.0. The Morgan fingerprint density at radius 3 is 2.33 bits per heavy atom. The maximum atomic E-state index is 13.8. The van der Waals surface area contributed by atoms with Crippen molar-refractivity contribution in [3.05, 3.63) is 70.9 Å². The highest BCUT2D eigenvalue weighted by Gasteiger charge is 2.45. The Balaban J connectivity index is 1.57. The highest BCUT2D eigenvalue weighted by Crippen LogP contribution is 2.48. The lowest BCUT2D eigenvalue weighted by molar-refractivity contribution is -0.151. The Kier molecular flexibility index (Phi) is 6.95. The molecule has 0 bridgehead atoms. The molecule has 0 saturated heterocycles. The van der Waals surface area contributed by atoms with Crippen LogP contribution < -0.4 is 9.47 Å². The number of nitrogens with zero attached hydrogens (tertiary/aromatic N) is 1. The molecule has 6 nitrogen and oxygen atoms in total. The number of benzene rings is 2. The van der Waals surface area contributed by atoms with Gasteiger partial charge in [-0.15, -0.1) is 0 Å². The summed E-state index contributed by atoms with van der Waals surface area (Å²) in [7, 11) is 3.17. The Bertz CT molecular complexity index is 1210. The van der Waals surface area contributed by atoms with E-state index in [0.29, 0.717) is 35.6 Å². The van der Waals surface area contributed by atoms with Gasteiger partial charge in [0.2, 0.25) is 0 Å². The van der Waals surface area contributed by atoms with Crippen LogP contribution in [0.15, 0.2) is 64.8 Å². The second-order valence-corrected chi connectivity index (χ2v) is 9.97. The zero-order chi connectivity index (χ0) is 25.2. The SMILES string of the molecule is COc1ccc([C@@H]2C3=C(C[C@@H](c4ccccc4)CC3=O)N=C(C)C2C(=O)OC2CCCC2)cc1OC. The number of ketones is 1. The van der Waals surface area contributed by atoms with Crippen molar-refractivity contribution in [2.24, 2.45) is 10.9 Å². The molecule has 3 aliphatic rings. The number of esters is 1. The smallest absolute Gasteiger partial charge is 0.315 e. The predicted molar refractivity (Wildman–Crippen MR) is 138 cm³/mol. The zero-order valence-corrected chi connectivity index (χ0v) is 21.2. The molecule has 1 aliphatic heterocycles. The Morgan fingerprint density at radius 1 is 0.917 bits per heavy atom. The molecule has 36 heavy (non-hydrogen) atoms. The van der Waals surface area contributed by atoms with Gasteiger partial charge in [0.05, 0.1) is 14.2 Å². The third-order valence-corrected chi connectivity index (χ3v) is 7.77. The quantitative estimate of drug-likeness (QED) is 0.484. The van der Waals surface area contributed by atoms with E-state index in [1.165, 1.54) is 0 Å². The van der Waals surface area contributed by atoms with Crippen LogP contribution in [0.25, 0.3) is 0 Å². The monoisotopic (exact) mass is 487 g/mol. The van der Waals surface area contributed by atoms with Crippen molar-refractivity contribution in [2.45, 2.75) is 63.4 Å². The van der Waals surface area contributed by atoms with Gasteiger partial charge in [0.15, 0.2) is 17.3 Å². The summed E-state index contributed by atoms with van der Waals surface area (Å²) >= 11 is 0. The number of aliphatic imine (C=N–C) groups is 1. The lowest BCUT2D eigenvalue weighted by Crippen LogP contribution is -2.39. The molecular formula is C30H33NO5. The van der Waals surface area contributed by atoms with Gasteiger partial charge in [-0.1, -0.05) is 36.4 Å². The first-order chi connectivity index (χ1) is 17.5. The van der Waals surface area contributed by atoms with E-state index in [-0.39, 0.29) is 23.8 Å². The van der Waals surface area contributed by atoms with E-state index in [1.807, 2.05) is 43.3 Å². The van der Waals surface area contributed by atoms with E-state index in [0.717, 1.165) is 42.5 Å². The van der Waals surface area contributed by atoms with Gasteiger partial charge in [-0.3, -0.25) is 14.6 Å². The maximum absolute atomic E-state index is 13.8. The standard InChI is InChI=1S/C30H33NO5/c1-18-27(30(33)36-22-11-7-8-12-22)28(20-13-14-25(34-2)26(17-20)35-3)29-23(31-18)15-21(16-24(29)32)19-9-5-4-6-10-19/h4-6,9-10,13-14,17,21-22,27-28H,7-8,11-12,15-16H2,1-3H3/t21-,27?,28+/m1/s1. The molecule has 1 fully saturated rings. The van der Waals surface area contributed by atoms with E-state index in [1.54, 1.807) is 14.2 Å². The average Bonchev–Trinajstić information content (AvgIpc) is 3.40. The van der Waals surface area contributed by atoms with Crippen LogP contribution in [0.3, 0.4) is 0 Å². The number of carbonyl (C=O) groups is 2. The molecule has 5 rings (SSSR count). The fourth-order valence-electron chi connectivity index (χ4n) is 5.98. The van der Waals surface area contributed by atoms with Gasteiger partial charge >= 0.3 is 5.97 Å². The second-order valence-electron chi connectivity index (χ2n) is 9.97. The number of hydrogen-bond acceptors (Lipinski definition) is 6. The number of hydrogen-bond donors (Lipinski definition) is 0. The first kappa shape index (κ1) is 24.3. The van der Waals surface area contributed by atoms with Gasteiger partial charge in [-0.05, 0) is 68.2 Å². The van der Waals surface area contributed by atoms with Crippen LogP contribution >= 0.6 is 0 Å². The molecule has 0 N–H and O–H groups in total. The van der Waals surface area contributed by atoms with Crippen molar-refractivity contribution in [1.29, 1.82) is 0 Å². The molecule has 2 aromatic rings. The Labute approximate surface area is 212 Å². The van der Waals surface area contributed by atoms with Gasteiger partial charge in [-0.2, -0.15) is 0 Å². The number of ether oxygens (including phenoxy) is 3. The van der Waals surface area contributed by atoms with Gasteiger partial charge in [0.25, 0.3) is 0 Å². The highest BCUT2D eigenvalue weighted by atomic mass is 16.5. The summed E-state index contributed by atoms with van der Waals surface area (Å²) in [6.45, 7) is 1.88. The lowest BCUT2D eigenvalue weighted by Gasteiger charge is -2.37. The van der Waals surface area contributed by atoms with Crippen LogP contribution in [0.2, 0.25) is 0 Å². The van der Waals surface area contributed by atoms with Crippen LogP contribution in [-0.2, 0) is 14.3 Å². The molecule has 3 atom stereocenters. The molecule has 1 saturated carbocycles. The van der Waals surface area contributed by atoms with Crippen LogP contribution in [0.1, 0.15) is 68.4 Å². The minimum atomic E-state index is -0.653. The summed E-state index contributed by atoms with van der Waals surface area (Å²) in [6.07, 6.45) is 4.92. The molecule has 0 amide bonds. The van der Waals surface area contributed by atoms with Crippen molar-refractivity contribution < 1.29 is 23.8 Å². The molecule has 0 spiro atoms. The van der Waals surface area contributed by atoms with Crippen molar-refractivity contribution in [3.8, 4) is 11.5 Å². The third-order valence-electron chi connectivity index (χ3n) is 7.77. The number of rotatable bonds is 6. The summed E-state index contributed by atoms with van der Waals surface area (Å²) in [5, 5.41) is 0. The van der Waals surface area contributed by atoms with Crippen LogP contribution in [0, 0.1) is 5.92 Å². The molecule has 0 aromatic heterocycles. The third kappa shape index (κ3) is 4.57. The summed E-state index contributed by atoms with van der Waals surface area (Å²) in [5.74, 6) is -0.157. The van der Waals surface area contributed by atoms with Gasteiger partial charge in [0, 0.05) is 29.3 Å². The van der Waals surface area contributed by atoms with Gasteiger partial charge in [-0.25, -0.2) is 0 Å². The second kappa shape index (κ2) is 10.3. The molecular weight excluding hydrogens is 454 g/mol. The van der Waals surface area contributed by atoms with Crippen molar-refractivity contribution in [3.63, 3.8) is 0 Å². The minimum Gasteiger partial charge on any atom is -0.493 e. The fourth-order valence-corrected chi connectivity index (χ4v) is 5.98. The van der Waals surface area contributed by atoms with Gasteiger partial charge < -0.3 is 14.2 Å². The molecule has 1 unspecified atom stereocenters. The van der Waals surface area contributed by atoms with Crippen molar-refractivity contribution >= 4 is 17.5 Å².